The Labute approximate surface area is 92.5 Å². The zero-order valence-corrected chi connectivity index (χ0v) is 8.86. The predicted molar refractivity (Wildman–Crippen MR) is 59.5 cm³/mol. The normalized spacial score (nSPS) is 14.8. The van der Waals surface area contributed by atoms with Crippen LogP contribution in [-0.4, -0.2) is 24.0 Å². The van der Waals surface area contributed by atoms with Gasteiger partial charge < -0.3 is 15.7 Å². The Kier molecular flexibility index (Phi) is 2.30. The summed E-state index contributed by atoms with van der Waals surface area (Å²) in [4.78, 5) is 23.8. The number of carbonyl (C=O) groups excluding carboxylic acids is 1. The lowest BCUT2D eigenvalue weighted by atomic mass is 9.98. The Bertz CT molecular complexity index is 482. The van der Waals surface area contributed by atoms with Gasteiger partial charge in [-0.3, -0.25) is 4.79 Å². The van der Waals surface area contributed by atoms with Crippen molar-refractivity contribution >= 4 is 23.3 Å². The van der Waals surface area contributed by atoms with Crippen LogP contribution in [0.1, 0.15) is 22.3 Å². The Hall–Kier alpha value is -2.04. The SMILES string of the molecule is CN1C(=O)CCc2cc(C(=O)O)cc(N)c21. The Morgan fingerprint density at radius 2 is 2.12 bits per heavy atom. The number of hydrogen-bond donors (Lipinski definition) is 2. The largest absolute Gasteiger partial charge is 0.478 e. The van der Waals surface area contributed by atoms with Gasteiger partial charge in [-0.05, 0) is 24.1 Å². The third-order valence-electron chi connectivity index (χ3n) is 2.78. The van der Waals surface area contributed by atoms with Gasteiger partial charge in [0.15, 0.2) is 0 Å². The van der Waals surface area contributed by atoms with Gasteiger partial charge in [0.1, 0.15) is 0 Å². The maximum absolute atomic E-state index is 11.5. The highest BCUT2D eigenvalue weighted by molar-refractivity contribution is 6.01. The van der Waals surface area contributed by atoms with Crippen molar-refractivity contribution in [2.45, 2.75) is 12.8 Å². The molecular formula is C11H12N2O3. The zero-order chi connectivity index (χ0) is 11.9. The van der Waals surface area contributed by atoms with E-state index in [4.69, 9.17) is 10.8 Å². The van der Waals surface area contributed by atoms with E-state index >= 15 is 0 Å². The zero-order valence-electron chi connectivity index (χ0n) is 8.86. The maximum Gasteiger partial charge on any atom is 0.335 e. The first kappa shape index (κ1) is 10.5. The Morgan fingerprint density at radius 3 is 2.75 bits per heavy atom. The van der Waals surface area contributed by atoms with Crippen LogP contribution in [0.2, 0.25) is 0 Å². The van der Waals surface area contributed by atoms with Gasteiger partial charge in [-0.2, -0.15) is 0 Å². The molecule has 84 valence electrons. The summed E-state index contributed by atoms with van der Waals surface area (Å²) in [5.74, 6) is -1.00. The number of carbonyl (C=O) groups is 2. The standard InChI is InChI=1S/C11H12N2O3/c1-13-9(14)3-2-6-4-7(11(15)16)5-8(12)10(6)13/h4-5H,2-3,12H2,1H3,(H,15,16). The predicted octanol–water partition coefficient (Wildman–Crippen LogP) is 0.876. The second-order valence-corrected chi connectivity index (χ2v) is 3.83. The monoisotopic (exact) mass is 220 g/mol. The molecule has 0 saturated carbocycles. The van der Waals surface area contributed by atoms with E-state index in [9.17, 15) is 9.59 Å². The molecule has 0 aromatic heterocycles. The number of nitrogen functional groups attached to an aromatic ring is 1. The van der Waals surface area contributed by atoms with Crippen molar-refractivity contribution < 1.29 is 14.7 Å². The van der Waals surface area contributed by atoms with Gasteiger partial charge in [0.05, 0.1) is 16.9 Å². The molecule has 0 radical (unpaired) electrons. The van der Waals surface area contributed by atoms with Crippen LogP contribution in [0, 0.1) is 0 Å². The lowest BCUT2D eigenvalue weighted by molar-refractivity contribution is -0.118. The average Bonchev–Trinajstić information content (AvgIpc) is 2.22. The summed E-state index contributed by atoms with van der Waals surface area (Å²) in [6.07, 6.45) is 0.940. The van der Waals surface area contributed by atoms with Crippen LogP contribution in [0.5, 0.6) is 0 Å². The molecule has 3 N–H and O–H groups in total. The van der Waals surface area contributed by atoms with E-state index in [0.29, 0.717) is 24.2 Å². The van der Waals surface area contributed by atoms with E-state index in [1.165, 1.54) is 11.0 Å². The van der Waals surface area contributed by atoms with Crippen LogP contribution in [0.25, 0.3) is 0 Å². The summed E-state index contributed by atoms with van der Waals surface area (Å²) in [6, 6.07) is 2.97. The molecule has 0 fully saturated rings. The summed E-state index contributed by atoms with van der Waals surface area (Å²) >= 11 is 0. The number of anilines is 2. The van der Waals surface area contributed by atoms with Crippen LogP contribution in [0.15, 0.2) is 12.1 Å². The minimum Gasteiger partial charge on any atom is -0.478 e. The topological polar surface area (TPSA) is 83.6 Å². The number of amides is 1. The van der Waals surface area contributed by atoms with E-state index < -0.39 is 5.97 Å². The molecule has 1 aliphatic rings. The molecule has 0 atom stereocenters. The molecule has 1 aromatic carbocycles. The smallest absolute Gasteiger partial charge is 0.335 e. The van der Waals surface area contributed by atoms with Crippen molar-refractivity contribution in [2.75, 3.05) is 17.7 Å². The molecule has 1 aliphatic heterocycles. The number of hydrogen-bond acceptors (Lipinski definition) is 3. The molecular weight excluding hydrogens is 208 g/mol. The first-order valence-corrected chi connectivity index (χ1v) is 4.93. The molecule has 1 heterocycles. The summed E-state index contributed by atoms with van der Waals surface area (Å²) in [5, 5.41) is 8.89. The van der Waals surface area contributed by atoms with Crippen LogP contribution >= 0.6 is 0 Å². The molecule has 5 heteroatoms. The van der Waals surface area contributed by atoms with Gasteiger partial charge in [-0.25, -0.2) is 4.79 Å². The van der Waals surface area contributed by atoms with Crippen LogP contribution in [0.3, 0.4) is 0 Å². The number of carboxylic acid groups (broad SMARTS) is 1. The number of rotatable bonds is 1. The molecule has 0 saturated heterocycles. The van der Waals surface area contributed by atoms with E-state index in [1.807, 2.05) is 0 Å². The number of fused-ring (bicyclic) bond motifs is 1. The molecule has 16 heavy (non-hydrogen) atoms. The summed E-state index contributed by atoms with van der Waals surface area (Å²) in [6.45, 7) is 0. The quantitative estimate of drug-likeness (QED) is 0.688. The third-order valence-corrected chi connectivity index (χ3v) is 2.78. The van der Waals surface area contributed by atoms with E-state index in [2.05, 4.69) is 0 Å². The van der Waals surface area contributed by atoms with Gasteiger partial charge in [-0.1, -0.05) is 0 Å². The molecule has 2 rings (SSSR count). The number of nitrogens with two attached hydrogens (primary N) is 1. The number of nitrogens with zero attached hydrogens (tertiary/aromatic N) is 1. The fraction of sp³-hybridized carbons (Fsp3) is 0.273. The lowest BCUT2D eigenvalue weighted by Gasteiger charge is -2.27. The molecule has 0 aliphatic carbocycles. The summed E-state index contributed by atoms with van der Waals surface area (Å²) in [7, 11) is 1.65. The molecule has 0 spiro atoms. The third kappa shape index (κ3) is 1.50. The number of aromatic carboxylic acids is 1. The van der Waals surface area contributed by atoms with Crippen LogP contribution in [-0.2, 0) is 11.2 Å². The van der Waals surface area contributed by atoms with Gasteiger partial charge in [-0.15, -0.1) is 0 Å². The highest BCUT2D eigenvalue weighted by atomic mass is 16.4. The minimum absolute atomic E-state index is 0.00211. The Balaban J connectivity index is 2.58. The van der Waals surface area contributed by atoms with Crippen molar-refractivity contribution in [1.29, 1.82) is 0 Å². The van der Waals surface area contributed by atoms with Gasteiger partial charge >= 0.3 is 5.97 Å². The van der Waals surface area contributed by atoms with Crippen molar-refractivity contribution in [3.05, 3.63) is 23.3 Å². The lowest BCUT2D eigenvalue weighted by Crippen LogP contribution is -2.32. The van der Waals surface area contributed by atoms with Crippen LogP contribution in [0.4, 0.5) is 11.4 Å². The van der Waals surface area contributed by atoms with Crippen molar-refractivity contribution in [1.82, 2.24) is 0 Å². The number of carboxylic acids is 1. The highest BCUT2D eigenvalue weighted by Gasteiger charge is 2.24. The fourth-order valence-electron chi connectivity index (χ4n) is 1.98. The molecule has 0 bridgehead atoms. The van der Waals surface area contributed by atoms with Crippen LogP contribution < -0.4 is 10.6 Å². The van der Waals surface area contributed by atoms with E-state index in [-0.39, 0.29) is 11.5 Å². The molecule has 5 nitrogen and oxygen atoms in total. The first-order valence-electron chi connectivity index (χ1n) is 4.93. The Morgan fingerprint density at radius 1 is 1.44 bits per heavy atom. The van der Waals surface area contributed by atoms with Gasteiger partial charge in [0.2, 0.25) is 5.91 Å². The molecule has 1 amide bonds. The van der Waals surface area contributed by atoms with Gasteiger partial charge in [0.25, 0.3) is 0 Å². The summed E-state index contributed by atoms with van der Waals surface area (Å²) in [5.41, 5.74) is 7.74. The highest BCUT2D eigenvalue weighted by Crippen LogP contribution is 2.33. The average molecular weight is 220 g/mol. The van der Waals surface area contributed by atoms with Crippen molar-refractivity contribution in [3.63, 3.8) is 0 Å². The van der Waals surface area contributed by atoms with E-state index in [1.54, 1.807) is 13.1 Å². The second kappa shape index (κ2) is 3.52. The molecule has 0 unspecified atom stereocenters. The molecule has 1 aromatic rings. The van der Waals surface area contributed by atoms with Crippen molar-refractivity contribution in [2.24, 2.45) is 0 Å². The number of aryl methyl sites for hydroxylation is 1. The minimum atomic E-state index is -1.01. The number of benzene rings is 1. The maximum atomic E-state index is 11.5. The van der Waals surface area contributed by atoms with Crippen molar-refractivity contribution in [3.8, 4) is 0 Å². The van der Waals surface area contributed by atoms with Gasteiger partial charge in [0, 0.05) is 13.5 Å². The second-order valence-electron chi connectivity index (χ2n) is 3.83. The fourth-order valence-corrected chi connectivity index (χ4v) is 1.98. The first-order chi connectivity index (χ1) is 7.50. The summed E-state index contributed by atoms with van der Waals surface area (Å²) < 4.78 is 0. The van der Waals surface area contributed by atoms with E-state index in [0.717, 1.165) is 5.56 Å².